The van der Waals surface area contributed by atoms with Crippen molar-refractivity contribution in [3.05, 3.63) is 94.5 Å². The molecule has 0 saturated carbocycles. The van der Waals surface area contributed by atoms with Crippen LogP contribution < -0.4 is 15.5 Å². The number of rotatable bonds is 6. The topological polar surface area (TPSA) is 79.8 Å². The van der Waals surface area contributed by atoms with E-state index in [2.05, 4.69) is 15.8 Å². The van der Waals surface area contributed by atoms with Crippen LogP contribution in [0.1, 0.15) is 33.2 Å². The van der Waals surface area contributed by atoms with Crippen LogP contribution >= 0.6 is 11.6 Å². The number of anilines is 1. The van der Waals surface area contributed by atoms with E-state index in [1.807, 2.05) is 6.07 Å². The third-order valence-electron chi connectivity index (χ3n) is 4.30. The summed E-state index contributed by atoms with van der Waals surface area (Å²) in [6.45, 7) is 1.77. The van der Waals surface area contributed by atoms with E-state index in [-0.39, 0.29) is 11.8 Å². The summed E-state index contributed by atoms with van der Waals surface area (Å²) >= 11 is 5.86. The number of carbonyl (C=O) groups is 2. The molecule has 0 radical (unpaired) electrons. The average Bonchev–Trinajstić information content (AvgIpc) is 2.77. The van der Waals surface area contributed by atoms with Gasteiger partial charge >= 0.3 is 0 Å². The van der Waals surface area contributed by atoms with Crippen LogP contribution in [-0.2, 0) is 0 Å². The van der Waals surface area contributed by atoms with Gasteiger partial charge in [0.15, 0.2) is 0 Å². The standard InChI is InChI=1S/C23H20ClN3O3/c1-15(26-27-23(29)18-6-4-8-21(14-18)30-2)17-5-3-7-20(13-17)25-22(28)16-9-11-19(24)12-10-16/h3-14H,1-2H3,(H,25,28)(H,27,29)/b26-15+. The maximum Gasteiger partial charge on any atom is 0.271 e. The van der Waals surface area contributed by atoms with Crippen molar-refractivity contribution < 1.29 is 14.3 Å². The van der Waals surface area contributed by atoms with Crippen molar-refractivity contribution in [2.24, 2.45) is 5.10 Å². The first-order chi connectivity index (χ1) is 14.5. The van der Waals surface area contributed by atoms with Gasteiger partial charge in [0.05, 0.1) is 12.8 Å². The highest BCUT2D eigenvalue weighted by Gasteiger charge is 2.09. The van der Waals surface area contributed by atoms with E-state index in [1.165, 1.54) is 7.11 Å². The highest BCUT2D eigenvalue weighted by Crippen LogP contribution is 2.15. The molecule has 2 N–H and O–H groups in total. The molecule has 0 atom stereocenters. The normalized spacial score (nSPS) is 11.0. The molecule has 3 rings (SSSR count). The molecule has 6 nitrogen and oxygen atoms in total. The van der Waals surface area contributed by atoms with Gasteiger partial charge in [0.2, 0.25) is 0 Å². The van der Waals surface area contributed by atoms with Crippen LogP contribution in [0, 0.1) is 0 Å². The number of halogens is 1. The Morgan fingerprint density at radius 2 is 1.57 bits per heavy atom. The second kappa shape index (κ2) is 9.71. The number of benzene rings is 3. The summed E-state index contributed by atoms with van der Waals surface area (Å²) in [4.78, 5) is 24.7. The minimum absolute atomic E-state index is 0.246. The van der Waals surface area contributed by atoms with Crippen LogP contribution in [0.15, 0.2) is 77.9 Å². The molecular formula is C23H20ClN3O3. The lowest BCUT2D eigenvalue weighted by atomic mass is 10.1. The number of ether oxygens (including phenoxy) is 1. The lowest BCUT2D eigenvalue weighted by Crippen LogP contribution is -2.19. The molecule has 0 saturated heterocycles. The molecule has 0 bridgehead atoms. The lowest BCUT2D eigenvalue weighted by Gasteiger charge is -2.08. The van der Waals surface area contributed by atoms with Crippen LogP contribution in [0.3, 0.4) is 0 Å². The van der Waals surface area contributed by atoms with Gasteiger partial charge in [0.25, 0.3) is 11.8 Å². The Labute approximate surface area is 179 Å². The fourth-order valence-corrected chi connectivity index (χ4v) is 2.78. The molecule has 30 heavy (non-hydrogen) atoms. The van der Waals surface area contributed by atoms with E-state index in [0.717, 1.165) is 5.56 Å². The number of nitrogens with one attached hydrogen (secondary N) is 2. The summed E-state index contributed by atoms with van der Waals surface area (Å²) in [6.07, 6.45) is 0. The predicted octanol–water partition coefficient (Wildman–Crippen LogP) is 4.75. The highest BCUT2D eigenvalue weighted by atomic mass is 35.5. The Balaban J connectivity index is 1.68. The zero-order chi connectivity index (χ0) is 21.5. The zero-order valence-electron chi connectivity index (χ0n) is 16.5. The first kappa shape index (κ1) is 21.1. The van der Waals surface area contributed by atoms with Crippen molar-refractivity contribution in [3.63, 3.8) is 0 Å². The van der Waals surface area contributed by atoms with Gasteiger partial charge in [0.1, 0.15) is 5.75 Å². The molecule has 3 aromatic rings. The summed E-state index contributed by atoms with van der Waals surface area (Å²) < 4.78 is 5.13. The molecule has 0 aromatic heterocycles. The molecule has 0 fully saturated rings. The van der Waals surface area contributed by atoms with Crippen LogP contribution in [-0.4, -0.2) is 24.6 Å². The third kappa shape index (κ3) is 5.46. The van der Waals surface area contributed by atoms with Crippen molar-refractivity contribution in [2.45, 2.75) is 6.92 Å². The van der Waals surface area contributed by atoms with Crippen LogP contribution in [0.2, 0.25) is 5.02 Å². The number of methoxy groups -OCH3 is 1. The Morgan fingerprint density at radius 1 is 0.867 bits per heavy atom. The number of hydrogen-bond acceptors (Lipinski definition) is 4. The summed E-state index contributed by atoms with van der Waals surface area (Å²) in [7, 11) is 1.54. The van der Waals surface area contributed by atoms with Gasteiger partial charge < -0.3 is 10.1 Å². The van der Waals surface area contributed by atoms with Crippen molar-refractivity contribution in [1.29, 1.82) is 0 Å². The molecule has 0 spiro atoms. The minimum Gasteiger partial charge on any atom is -0.497 e. The Kier molecular flexibility index (Phi) is 6.83. The van der Waals surface area contributed by atoms with Crippen molar-refractivity contribution in [3.8, 4) is 5.75 Å². The summed E-state index contributed by atoms with van der Waals surface area (Å²) in [5, 5.41) is 7.57. The molecule has 0 aliphatic carbocycles. The molecule has 0 aliphatic heterocycles. The minimum atomic E-state index is -0.347. The molecule has 0 unspecified atom stereocenters. The van der Waals surface area contributed by atoms with Crippen LogP contribution in [0.25, 0.3) is 0 Å². The van der Waals surface area contributed by atoms with Gasteiger partial charge in [0, 0.05) is 21.8 Å². The summed E-state index contributed by atoms with van der Waals surface area (Å²) in [5.74, 6) is -0.00216. The predicted molar refractivity (Wildman–Crippen MR) is 119 cm³/mol. The van der Waals surface area contributed by atoms with Crippen molar-refractivity contribution in [1.82, 2.24) is 5.43 Å². The van der Waals surface area contributed by atoms with Crippen LogP contribution in [0.5, 0.6) is 5.75 Å². The number of hydrazone groups is 1. The maximum absolute atomic E-state index is 12.4. The maximum atomic E-state index is 12.4. The smallest absolute Gasteiger partial charge is 0.271 e. The van der Waals surface area contributed by atoms with Crippen molar-refractivity contribution >= 4 is 34.8 Å². The first-order valence-electron chi connectivity index (χ1n) is 9.12. The van der Waals surface area contributed by atoms with Crippen molar-refractivity contribution in [2.75, 3.05) is 12.4 Å². The molecular weight excluding hydrogens is 402 g/mol. The molecule has 0 aliphatic rings. The molecule has 3 aromatic carbocycles. The average molecular weight is 422 g/mol. The van der Waals surface area contributed by atoms with E-state index in [4.69, 9.17) is 16.3 Å². The first-order valence-corrected chi connectivity index (χ1v) is 9.50. The number of nitrogens with zero attached hydrogens (tertiary/aromatic N) is 1. The van der Waals surface area contributed by atoms with E-state index in [0.29, 0.717) is 33.3 Å². The Bertz CT molecular complexity index is 1090. The van der Waals surface area contributed by atoms with Gasteiger partial charge in [-0.05, 0) is 67.1 Å². The van der Waals surface area contributed by atoms with E-state index < -0.39 is 0 Å². The molecule has 2 amide bonds. The quantitative estimate of drug-likeness (QED) is 0.445. The zero-order valence-corrected chi connectivity index (χ0v) is 17.2. The van der Waals surface area contributed by atoms with Gasteiger partial charge in [-0.25, -0.2) is 5.43 Å². The number of carbonyl (C=O) groups excluding carboxylic acids is 2. The van der Waals surface area contributed by atoms with Gasteiger partial charge in [-0.15, -0.1) is 0 Å². The largest absolute Gasteiger partial charge is 0.497 e. The molecule has 0 heterocycles. The fourth-order valence-electron chi connectivity index (χ4n) is 2.65. The SMILES string of the molecule is COc1cccc(C(=O)N/N=C(\C)c2cccc(NC(=O)c3ccc(Cl)cc3)c2)c1. The Hall–Kier alpha value is -3.64. The fraction of sp³-hybridized carbons (Fsp3) is 0.0870. The molecule has 7 heteroatoms. The van der Waals surface area contributed by atoms with E-state index >= 15 is 0 Å². The number of amides is 2. The van der Waals surface area contributed by atoms with Crippen LogP contribution in [0.4, 0.5) is 5.69 Å². The summed E-state index contributed by atoms with van der Waals surface area (Å²) in [6, 6.07) is 20.6. The lowest BCUT2D eigenvalue weighted by molar-refractivity contribution is 0.0953. The van der Waals surface area contributed by atoms with E-state index in [1.54, 1.807) is 73.7 Å². The highest BCUT2D eigenvalue weighted by molar-refractivity contribution is 6.30. The third-order valence-corrected chi connectivity index (χ3v) is 4.55. The number of hydrogen-bond donors (Lipinski definition) is 2. The van der Waals surface area contributed by atoms with Gasteiger partial charge in [-0.2, -0.15) is 5.10 Å². The summed E-state index contributed by atoms with van der Waals surface area (Å²) in [5.41, 5.74) is 5.44. The molecule has 152 valence electrons. The van der Waals surface area contributed by atoms with E-state index in [9.17, 15) is 9.59 Å². The Morgan fingerprint density at radius 3 is 2.30 bits per heavy atom. The van der Waals surface area contributed by atoms with Gasteiger partial charge in [-0.1, -0.05) is 29.8 Å². The monoisotopic (exact) mass is 421 g/mol. The second-order valence-corrected chi connectivity index (χ2v) is 6.85. The second-order valence-electron chi connectivity index (χ2n) is 6.41. The van der Waals surface area contributed by atoms with Gasteiger partial charge in [-0.3, -0.25) is 9.59 Å².